The summed E-state index contributed by atoms with van der Waals surface area (Å²) < 4.78 is 40.2. The Morgan fingerprint density at radius 1 is 1.18 bits per heavy atom. The third-order valence-electron chi connectivity index (χ3n) is 5.49. The number of halogens is 2. The Labute approximate surface area is 220 Å². The average Bonchev–Trinajstić information content (AvgIpc) is 3.19. The van der Waals surface area contributed by atoms with Crippen molar-refractivity contribution in [2.45, 2.75) is 26.4 Å². The number of rotatable bonds is 7. The smallest absolute Gasteiger partial charge is 0.405 e. The molecule has 0 fully saturated rings. The summed E-state index contributed by atoms with van der Waals surface area (Å²) in [6.45, 7) is 3.41. The number of nitrogens with zero attached hydrogens (tertiary/aromatic N) is 3. The van der Waals surface area contributed by atoms with Crippen LogP contribution in [-0.2, 0) is 16.0 Å². The molecule has 0 saturated carbocycles. The number of aryl methyl sites for hydroxylation is 1. The first-order valence-electron chi connectivity index (χ1n) is 11.2. The molecule has 0 aliphatic heterocycles. The molecule has 0 saturated heterocycles. The summed E-state index contributed by atoms with van der Waals surface area (Å²) in [6, 6.07) is 9.53. The van der Waals surface area contributed by atoms with Crippen molar-refractivity contribution >= 4 is 40.5 Å². The number of thiocarbonyl (C=S) groups is 1. The number of hydrogen-bond donors (Lipinski definition) is 3. The van der Waals surface area contributed by atoms with Gasteiger partial charge in [-0.3, -0.25) is 4.79 Å². The minimum absolute atomic E-state index is 0.00898. The Bertz CT molecular complexity index is 1530. The van der Waals surface area contributed by atoms with Crippen molar-refractivity contribution in [1.29, 1.82) is 0 Å². The van der Waals surface area contributed by atoms with Crippen LogP contribution >= 0.6 is 12.2 Å². The Morgan fingerprint density at radius 3 is 2.61 bits per heavy atom. The third-order valence-corrected chi connectivity index (χ3v) is 5.69. The molecule has 196 valence electrons. The van der Waals surface area contributed by atoms with E-state index < -0.39 is 29.7 Å². The van der Waals surface area contributed by atoms with Crippen molar-refractivity contribution in [3.8, 4) is 11.6 Å². The fraction of sp³-hybridized carbons (Fsp3) is 0.160. The Hall–Kier alpha value is -4.65. The largest absolute Gasteiger partial charge is 0.442 e. The Morgan fingerprint density at radius 2 is 1.92 bits per heavy atom. The van der Waals surface area contributed by atoms with E-state index in [9.17, 15) is 18.4 Å². The van der Waals surface area contributed by atoms with Crippen LogP contribution in [0.15, 0.2) is 55.0 Å². The zero-order valence-corrected chi connectivity index (χ0v) is 21.0. The molecule has 4 aromatic rings. The van der Waals surface area contributed by atoms with Gasteiger partial charge in [-0.1, -0.05) is 12.1 Å². The number of benzene rings is 2. The summed E-state index contributed by atoms with van der Waals surface area (Å²) in [5, 5.41) is 9.32. The average molecular weight is 541 g/mol. The van der Waals surface area contributed by atoms with E-state index in [0.29, 0.717) is 22.2 Å². The zero-order chi connectivity index (χ0) is 27.4. The second-order valence-electron chi connectivity index (χ2n) is 8.20. The standard InChI is InChI=1S/C25H22F2N6O4S/c1-13-18(14(2)36-24(28)35)11-33-22(13)23(29-12-30-33)37-20-8-7-17(10-19(20)27)31-25(38)32-21(34)9-15-3-5-16(26)6-4-15/h3-8,10-12,14H,9H2,1-2H3,(H2,28,35)(H2,31,32,34,38). The van der Waals surface area contributed by atoms with Crippen LogP contribution in [0.1, 0.15) is 29.7 Å². The molecular weight excluding hydrogens is 518 g/mol. The second kappa shape index (κ2) is 11.2. The molecule has 38 heavy (non-hydrogen) atoms. The molecule has 2 amide bonds. The molecule has 13 heteroatoms. The van der Waals surface area contributed by atoms with Crippen molar-refractivity contribution in [2.75, 3.05) is 5.32 Å². The van der Waals surface area contributed by atoms with E-state index in [2.05, 4.69) is 20.7 Å². The topological polar surface area (TPSA) is 133 Å². The van der Waals surface area contributed by atoms with Crippen LogP contribution in [0.4, 0.5) is 19.3 Å². The molecule has 0 spiro atoms. The maximum absolute atomic E-state index is 14.9. The molecular formula is C25H22F2N6O4S. The maximum atomic E-state index is 14.9. The highest BCUT2D eigenvalue weighted by Gasteiger charge is 2.21. The number of ether oxygens (including phenoxy) is 2. The molecule has 2 aromatic carbocycles. The molecule has 1 unspecified atom stereocenters. The lowest BCUT2D eigenvalue weighted by atomic mass is 10.1. The number of aromatic nitrogens is 3. The van der Waals surface area contributed by atoms with E-state index in [1.165, 1.54) is 47.2 Å². The van der Waals surface area contributed by atoms with Crippen molar-refractivity contribution in [3.05, 3.63) is 83.3 Å². The van der Waals surface area contributed by atoms with E-state index in [4.69, 9.17) is 27.4 Å². The van der Waals surface area contributed by atoms with Gasteiger partial charge < -0.3 is 25.8 Å². The van der Waals surface area contributed by atoms with Crippen molar-refractivity contribution in [1.82, 2.24) is 19.9 Å². The fourth-order valence-electron chi connectivity index (χ4n) is 3.75. The highest BCUT2D eigenvalue weighted by molar-refractivity contribution is 7.80. The number of carbonyl (C=O) groups is 2. The lowest BCUT2D eigenvalue weighted by Crippen LogP contribution is -2.35. The van der Waals surface area contributed by atoms with Crippen LogP contribution in [0.25, 0.3) is 5.52 Å². The molecule has 0 radical (unpaired) electrons. The molecule has 0 aliphatic carbocycles. The number of nitrogens with two attached hydrogens (primary N) is 1. The first kappa shape index (κ1) is 26.4. The van der Waals surface area contributed by atoms with Crippen LogP contribution in [0.3, 0.4) is 0 Å². The van der Waals surface area contributed by atoms with Crippen molar-refractivity contribution < 1.29 is 27.8 Å². The number of hydrogen-bond acceptors (Lipinski definition) is 7. The van der Waals surface area contributed by atoms with Crippen LogP contribution in [-0.4, -0.2) is 31.7 Å². The molecule has 4 rings (SSSR count). The van der Waals surface area contributed by atoms with Crippen LogP contribution < -0.4 is 21.1 Å². The first-order valence-corrected chi connectivity index (χ1v) is 11.6. The minimum Gasteiger partial charge on any atom is -0.442 e. The number of fused-ring (bicyclic) bond motifs is 1. The zero-order valence-electron chi connectivity index (χ0n) is 20.2. The van der Waals surface area contributed by atoms with Gasteiger partial charge in [0.2, 0.25) is 11.8 Å². The third kappa shape index (κ3) is 6.18. The van der Waals surface area contributed by atoms with Gasteiger partial charge >= 0.3 is 6.09 Å². The van der Waals surface area contributed by atoms with E-state index in [1.54, 1.807) is 20.0 Å². The highest BCUT2D eigenvalue weighted by atomic mass is 32.1. The number of carbonyl (C=O) groups excluding carboxylic acids is 2. The molecule has 4 N–H and O–H groups in total. The van der Waals surface area contributed by atoms with E-state index in [0.717, 1.165) is 6.07 Å². The molecule has 0 bridgehead atoms. The van der Waals surface area contributed by atoms with Gasteiger partial charge in [0.1, 0.15) is 23.8 Å². The molecule has 10 nitrogen and oxygen atoms in total. The number of nitrogens with one attached hydrogen (secondary N) is 2. The minimum atomic E-state index is -0.919. The Balaban J connectivity index is 1.44. The van der Waals surface area contributed by atoms with Gasteiger partial charge in [-0.2, -0.15) is 10.1 Å². The highest BCUT2D eigenvalue weighted by Crippen LogP contribution is 2.33. The molecule has 1 atom stereocenters. The maximum Gasteiger partial charge on any atom is 0.405 e. The van der Waals surface area contributed by atoms with Gasteiger partial charge in [0.15, 0.2) is 16.7 Å². The summed E-state index contributed by atoms with van der Waals surface area (Å²) in [6.07, 6.45) is 1.31. The SMILES string of the molecule is Cc1c(C(C)OC(N)=O)cn2ncnc(Oc3ccc(NC(=S)NC(=O)Cc4ccc(F)cc4)cc3F)c12. The summed E-state index contributed by atoms with van der Waals surface area (Å²) >= 11 is 5.13. The van der Waals surface area contributed by atoms with Crippen LogP contribution in [0.5, 0.6) is 11.6 Å². The van der Waals surface area contributed by atoms with Crippen molar-refractivity contribution in [2.24, 2.45) is 5.73 Å². The van der Waals surface area contributed by atoms with E-state index in [1.807, 2.05) is 0 Å². The summed E-state index contributed by atoms with van der Waals surface area (Å²) in [5.74, 6) is -1.58. The molecule has 2 aromatic heterocycles. The van der Waals surface area contributed by atoms with Gasteiger partial charge in [0.25, 0.3) is 0 Å². The fourth-order valence-corrected chi connectivity index (χ4v) is 3.99. The number of amides is 2. The lowest BCUT2D eigenvalue weighted by molar-refractivity contribution is -0.119. The van der Waals surface area contributed by atoms with Crippen LogP contribution in [0, 0.1) is 18.6 Å². The van der Waals surface area contributed by atoms with Gasteiger partial charge in [-0.25, -0.2) is 18.1 Å². The predicted octanol–water partition coefficient (Wildman–Crippen LogP) is 4.32. The number of anilines is 1. The van der Waals surface area contributed by atoms with Gasteiger partial charge in [0, 0.05) is 23.5 Å². The summed E-state index contributed by atoms with van der Waals surface area (Å²) in [5.41, 5.74) is 7.74. The van der Waals surface area contributed by atoms with Gasteiger partial charge in [-0.15, -0.1) is 0 Å². The quantitative estimate of drug-likeness (QED) is 0.295. The normalized spacial score (nSPS) is 11.6. The van der Waals surface area contributed by atoms with E-state index in [-0.39, 0.29) is 28.9 Å². The lowest BCUT2D eigenvalue weighted by Gasteiger charge is -2.12. The first-order chi connectivity index (χ1) is 18.1. The summed E-state index contributed by atoms with van der Waals surface area (Å²) in [7, 11) is 0. The van der Waals surface area contributed by atoms with Crippen LogP contribution in [0.2, 0.25) is 0 Å². The monoisotopic (exact) mass is 540 g/mol. The van der Waals surface area contributed by atoms with Gasteiger partial charge in [-0.05, 0) is 61.5 Å². The van der Waals surface area contributed by atoms with E-state index >= 15 is 0 Å². The summed E-state index contributed by atoms with van der Waals surface area (Å²) in [4.78, 5) is 27.4. The Kier molecular flexibility index (Phi) is 7.76. The van der Waals surface area contributed by atoms with Crippen molar-refractivity contribution in [3.63, 3.8) is 0 Å². The van der Waals surface area contributed by atoms with Gasteiger partial charge in [0.05, 0.1) is 6.42 Å². The molecule has 2 heterocycles. The number of primary amides is 1. The molecule has 0 aliphatic rings. The second-order valence-corrected chi connectivity index (χ2v) is 8.61. The predicted molar refractivity (Wildman–Crippen MR) is 138 cm³/mol.